The summed E-state index contributed by atoms with van der Waals surface area (Å²) in [7, 11) is -3.93. The molecule has 14 heavy (non-hydrogen) atoms. The van der Waals surface area contributed by atoms with Crippen LogP contribution in [0, 0.1) is 11.8 Å². The molecule has 0 spiro atoms. The molecule has 0 radical (unpaired) electrons. The molecule has 6 heteroatoms. The Kier molecular flexibility index (Phi) is 3.48. The third-order valence-corrected chi connectivity index (χ3v) is 3.15. The molecule has 0 bridgehead atoms. The number of amides is 1. The van der Waals surface area contributed by atoms with Crippen molar-refractivity contribution >= 4 is 13.7 Å². The third kappa shape index (κ3) is 2.94. The lowest BCUT2D eigenvalue weighted by Gasteiger charge is -2.11. The van der Waals surface area contributed by atoms with E-state index in [1.54, 1.807) is 13.0 Å². The van der Waals surface area contributed by atoms with E-state index in [0.717, 1.165) is 0 Å². The Morgan fingerprint density at radius 1 is 1.86 bits per heavy atom. The van der Waals surface area contributed by atoms with Crippen LogP contribution >= 0.6 is 7.75 Å². The van der Waals surface area contributed by atoms with Gasteiger partial charge in [0.05, 0.1) is 6.61 Å². The van der Waals surface area contributed by atoms with E-state index in [9.17, 15) is 9.36 Å². The summed E-state index contributed by atoms with van der Waals surface area (Å²) in [6.07, 6.45) is 2.37. The maximum atomic E-state index is 11.3. The molecule has 1 fully saturated rings. The summed E-state index contributed by atoms with van der Waals surface area (Å²) in [6.45, 7) is 5.21. The zero-order chi connectivity index (χ0) is 10.8. The molecular weight excluding hydrogens is 205 g/mol. The van der Waals surface area contributed by atoms with Gasteiger partial charge in [0.1, 0.15) is 0 Å². The minimum atomic E-state index is -3.93. The Morgan fingerprint density at radius 3 is 2.93 bits per heavy atom. The average Bonchev–Trinajstić information content (AvgIpc) is 2.81. The fraction of sp³-hybridized carbons (Fsp3) is 0.625. The lowest BCUT2D eigenvalue weighted by Crippen LogP contribution is -2.23. The van der Waals surface area contributed by atoms with Gasteiger partial charge in [-0.2, -0.15) is 0 Å². The molecular formula is C8H14NO4P. The van der Waals surface area contributed by atoms with Crippen molar-refractivity contribution in [3.8, 4) is 0 Å². The van der Waals surface area contributed by atoms with Gasteiger partial charge in [0, 0.05) is 5.92 Å². The maximum absolute atomic E-state index is 11.3. The van der Waals surface area contributed by atoms with Crippen molar-refractivity contribution < 1.29 is 18.8 Å². The maximum Gasteiger partial charge on any atom is 0.432 e. The Hall–Kier alpha value is -0.640. The summed E-state index contributed by atoms with van der Waals surface area (Å²) in [5, 5.41) is 1.99. The van der Waals surface area contributed by atoms with Crippen LogP contribution in [-0.2, 0) is 13.9 Å². The number of carbonyl (C=O) groups excluding carboxylic acids is 1. The first kappa shape index (κ1) is 11.4. The van der Waals surface area contributed by atoms with Crippen molar-refractivity contribution in [1.29, 1.82) is 0 Å². The number of hydrogen-bond donors (Lipinski definition) is 2. The topological polar surface area (TPSA) is 75.6 Å². The van der Waals surface area contributed by atoms with Crippen LogP contribution in [0.25, 0.3) is 0 Å². The summed E-state index contributed by atoms with van der Waals surface area (Å²) in [5.41, 5.74) is 0. The highest BCUT2D eigenvalue weighted by atomic mass is 31.2. The monoisotopic (exact) mass is 219 g/mol. The predicted molar refractivity (Wildman–Crippen MR) is 51.4 cm³/mol. The van der Waals surface area contributed by atoms with E-state index in [-0.39, 0.29) is 18.4 Å². The van der Waals surface area contributed by atoms with E-state index >= 15 is 0 Å². The molecule has 3 atom stereocenters. The Morgan fingerprint density at radius 2 is 2.50 bits per heavy atom. The van der Waals surface area contributed by atoms with Crippen LogP contribution in [-0.4, -0.2) is 17.4 Å². The molecule has 5 nitrogen and oxygen atoms in total. The number of hydrogen-bond acceptors (Lipinski definition) is 3. The zero-order valence-electron chi connectivity index (χ0n) is 7.97. The first-order valence-corrected chi connectivity index (χ1v) is 6.00. The van der Waals surface area contributed by atoms with Gasteiger partial charge in [0.25, 0.3) is 0 Å². The van der Waals surface area contributed by atoms with Crippen molar-refractivity contribution in [3.63, 3.8) is 0 Å². The molecule has 0 aromatic heterocycles. The van der Waals surface area contributed by atoms with E-state index in [4.69, 9.17) is 4.89 Å². The second-order valence-corrected chi connectivity index (χ2v) is 4.68. The molecule has 1 unspecified atom stereocenters. The number of nitrogens with one attached hydrogen (secondary N) is 1. The van der Waals surface area contributed by atoms with Gasteiger partial charge >= 0.3 is 7.75 Å². The van der Waals surface area contributed by atoms with Crippen LogP contribution in [0.3, 0.4) is 0 Å². The summed E-state index contributed by atoms with van der Waals surface area (Å²) in [6, 6.07) is 0. The molecule has 1 saturated carbocycles. The largest absolute Gasteiger partial charge is 0.432 e. The molecule has 0 aromatic carbocycles. The van der Waals surface area contributed by atoms with Crippen LogP contribution in [0.15, 0.2) is 12.7 Å². The Balaban J connectivity index is 2.41. The van der Waals surface area contributed by atoms with E-state index in [1.165, 1.54) is 0 Å². The van der Waals surface area contributed by atoms with Gasteiger partial charge in [-0.3, -0.25) is 14.4 Å². The standard InChI is InChI=1S/C8H14NO4P/c1-3-6-5-7(6)8(10)9-14(11,12)13-4-2/h3,6-7H,1,4-5H2,2H3,(H2,9,10,11,12)/t6-,7+/m1/s1. The molecule has 1 aliphatic rings. The predicted octanol–water partition coefficient (Wildman–Crippen LogP) is 1.06. The molecule has 0 heterocycles. The molecule has 0 aromatic rings. The van der Waals surface area contributed by atoms with Gasteiger partial charge in [-0.15, -0.1) is 6.58 Å². The van der Waals surface area contributed by atoms with Crippen molar-refractivity contribution in [3.05, 3.63) is 12.7 Å². The van der Waals surface area contributed by atoms with Gasteiger partial charge < -0.3 is 4.89 Å². The smallest absolute Gasteiger partial charge is 0.308 e. The molecule has 0 saturated heterocycles. The Labute approximate surface area is 82.7 Å². The first-order valence-electron chi connectivity index (χ1n) is 4.42. The molecule has 1 aliphatic carbocycles. The summed E-state index contributed by atoms with van der Waals surface area (Å²) < 4.78 is 15.6. The van der Waals surface area contributed by atoms with E-state index in [2.05, 4.69) is 11.1 Å². The van der Waals surface area contributed by atoms with Gasteiger partial charge in [-0.1, -0.05) is 6.08 Å². The summed E-state index contributed by atoms with van der Waals surface area (Å²) >= 11 is 0. The molecule has 1 amide bonds. The van der Waals surface area contributed by atoms with Crippen LogP contribution < -0.4 is 5.09 Å². The van der Waals surface area contributed by atoms with Crippen molar-refractivity contribution in [2.45, 2.75) is 13.3 Å². The highest BCUT2D eigenvalue weighted by molar-refractivity contribution is 7.51. The number of carbonyl (C=O) groups is 1. The van der Waals surface area contributed by atoms with Gasteiger partial charge in [-0.25, -0.2) is 4.57 Å². The van der Waals surface area contributed by atoms with E-state index in [0.29, 0.717) is 6.42 Å². The summed E-state index contributed by atoms with van der Waals surface area (Å²) in [4.78, 5) is 20.4. The van der Waals surface area contributed by atoms with Crippen LogP contribution in [0.2, 0.25) is 0 Å². The molecule has 0 aliphatic heterocycles. The highest BCUT2D eigenvalue weighted by Gasteiger charge is 2.42. The summed E-state index contributed by atoms with van der Waals surface area (Å²) in [5.74, 6) is -0.515. The minimum absolute atomic E-state index is 0.0869. The van der Waals surface area contributed by atoms with Crippen LogP contribution in [0.4, 0.5) is 0 Å². The second-order valence-electron chi connectivity index (χ2n) is 3.16. The van der Waals surface area contributed by atoms with Crippen LogP contribution in [0.5, 0.6) is 0 Å². The van der Waals surface area contributed by atoms with Crippen molar-refractivity contribution in [2.75, 3.05) is 6.61 Å². The third-order valence-electron chi connectivity index (χ3n) is 2.03. The van der Waals surface area contributed by atoms with Gasteiger partial charge in [-0.05, 0) is 19.3 Å². The van der Waals surface area contributed by atoms with Crippen LogP contribution in [0.1, 0.15) is 13.3 Å². The lowest BCUT2D eigenvalue weighted by molar-refractivity contribution is -0.121. The van der Waals surface area contributed by atoms with E-state index in [1.807, 2.05) is 5.09 Å². The SMILES string of the molecule is C=C[C@@H]1C[C@@H]1C(=O)NP(=O)(O)OCC. The Bertz CT molecular complexity index is 291. The van der Waals surface area contributed by atoms with Gasteiger partial charge in [0.2, 0.25) is 5.91 Å². The average molecular weight is 219 g/mol. The molecule has 80 valence electrons. The quantitative estimate of drug-likeness (QED) is 0.535. The number of rotatable bonds is 5. The van der Waals surface area contributed by atoms with Gasteiger partial charge in [0.15, 0.2) is 0 Å². The molecule has 1 rings (SSSR count). The zero-order valence-corrected chi connectivity index (χ0v) is 8.87. The second kappa shape index (κ2) is 4.26. The van der Waals surface area contributed by atoms with Crippen molar-refractivity contribution in [2.24, 2.45) is 11.8 Å². The van der Waals surface area contributed by atoms with Crippen molar-refractivity contribution in [1.82, 2.24) is 5.09 Å². The fourth-order valence-electron chi connectivity index (χ4n) is 1.21. The number of allylic oxidation sites excluding steroid dienone is 1. The fourth-order valence-corrected chi connectivity index (χ4v) is 2.06. The van der Waals surface area contributed by atoms with E-state index < -0.39 is 13.7 Å². The highest BCUT2D eigenvalue weighted by Crippen LogP contribution is 2.43. The molecule has 2 N–H and O–H groups in total. The lowest BCUT2D eigenvalue weighted by atomic mass is 10.3. The first-order chi connectivity index (χ1) is 6.50. The minimum Gasteiger partial charge on any atom is -0.308 e. The normalized spacial score (nSPS) is 29.0.